The first-order chi connectivity index (χ1) is 11.1. The van der Waals surface area contributed by atoms with Crippen molar-refractivity contribution in [3.05, 3.63) is 76.6 Å². The Bertz CT molecular complexity index is 800. The van der Waals surface area contributed by atoms with Crippen molar-refractivity contribution in [1.29, 1.82) is 0 Å². The van der Waals surface area contributed by atoms with Crippen molar-refractivity contribution in [2.75, 3.05) is 0 Å². The van der Waals surface area contributed by atoms with Crippen LogP contribution in [-0.2, 0) is 6.54 Å². The van der Waals surface area contributed by atoms with Crippen LogP contribution in [0.15, 0.2) is 60.9 Å². The van der Waals surface area contributed by atoms with E-state index >= 15 is 0 Å². The first-order valence-corrected chi connectivity index (χ1v) is 7.01. The quantitative estimate of drug-likeness (QED) is 0.577. The van der Waals surface area contributed by atoms with Crippen molar-refractivity contribution in [2.45, 2.75) is 12.6 Å². The molecule has 1 unspecified atom stereocenters. The number of aliphatic hydroxyl groups excluding tert-OH is 1. The van der Waals surface area contributed by atoms with Crippen molar-refractivity contribution < 1.29 is 10.0 Å². The van der Waals surface area contributed by atoms with Gasteiger partial charge in [-0.2, -0.15) is 5.10 Å². The summed E-state index contributed by atoms with van der Waals surface area (Å²) in [6.45, 7) is 0.282. The molecule has 3 aromatic rings. The number of benzene rings is 2. The number of rotatable bonds is 5. The third-order valence-corrected chi connectivity index (χ3v) is 3.42. The minimum atomic E-state index is -0.678. The summed E-state index contributed by atoms with van der Waals surface area (Å²) in [6.07, 6.45) is 0.853. The summed E-state index contributed by atoms with van der Waals surface area (Å²) in [4.78, 5) is 14.4. The molecule has 0 fully saturated rings. The average Bonchev–Trinajstić information content (AvgIpc) is 3.04. The molecule has 1 aromatic heterocycles. The molecule has 0 bridgehead atoms. The fraction of sp³-hybridized carbons (Fsp3) is 0.125. The summed E-state index contributed by atoms with van der Waals surface area (Å²) in [7, 11) is 0. The molecule has 116 valence electrons. The molecule has 0 radical (unpaired) electrons. The highest BCUT2D eigenvalue weighted by molar-refractivity contribution is 5.56. The Morgan fingerprint density at radius 2 is 1.83 bits per heavy atom. The van der Waals surface area contributed by atoms with E-state index < -0.39 is 11.0 Å². The van der Waals surface area contributed by atoms with Gasteiger partial charge in [0.1, 0.15) is 6.33 Å². The second kappa shape index (κ2) is 6.37. The van der Waals surface area contributed by atoms with E-state index in [9.17, 15) is 15.2 Å². The van der Waals surface area contributed by atoms with Crippen molar-refractivity contribution in [2.24, 2.45) is 0 Å². The SMILES string of the molecule is O=[N+]([O-])c1ccc(-c2ncn(CC(O)c3ccccc3)n2)cc1. The first kappa shape index (κ1) is 14.9. The molecular weight excluding hydrogens is 296 g/mol. The topological polar surface area (TPSA) is 94.1 Å². The van der Waals surface area contributed by atoms with E-state index in [-0.39, 0.29) is 12.2 Å². The average molecular weight is 310 g/mol. The van der Waals surface area contributed by atoms with Crippen LogP contribution in [0.3, 0.4) is 0 Å². The van der Waals surface area contributed by atoms with Gasteiger partial charge >= 0.3 is 0 Å². The second-order valence-electron chi connectivity index (χ2n) is 5.02. The number of nitro groups is 1. The zero-order valence-corrected chi connectivity index (χ0v) is 12.1. The molecule has 0 spiro atoms. The lowest BCUT2D eigenvalue weighted by Gasteiger charge is -2.10. The molecule has 1 atom stereocenters. The molecule has 1 heterocycles. The van der Waals surface area contributed by atoms with Gasteiger partial charge < -0.3 is 5.11 Å². The molecule has 0 aliphatic rings. The highest BCUT2D eigenvalue weighted by atomic mass is 16.6. The van der Waals surface area contributed by atoms with Crippen LogP contribution < -0.4 is 0 Å². The molecule has 0 amide bonds. The molecule has 0 saturated carbocycles. The van der Waals surface area contributed by atoms with Gasteiger partial charge in [-0.25, -0.2) is 9.67 Å². The number of aliphatic hydroxyl groups is 1. The third kappa shape index (κ3) is 3.41. The Labute approximate surface area is 132 Å². The molecule has 0 aliphatic carbocycles. The van der Waals surface area contributed by atoms with E-state index in [1.165, 1.54) is 18.5 Å². The molecular formula is C16H14N4O3. The van der Waals surface area contributed by atoms with Crippen LogP contribution in [0.1, 0.15) is 11.7 Å². The highest BCUT2D eigenvalue weighted by Crippen LogP contribution is 2.20. The summed E-state index contributed by atoms with van der Waals surface area (Å²) in [6, 6.07) is 15.3. The summed E-state index contributed by atoms with van der Waals surface area (Å²) >= 11 is 0. The van der Waals surface area contributed by atoms with Gasteiger partial charge in [0.05, 0.1) is 17.6 Å². The number of non-ortho nitro benzene ring substituents is 1. The van der Waals surface area contributed by atoms with Crippen LogP contribution >= 0.6 is 0 Å². The summed E-state index contributed by atoms with van der Waals surface area (Å²) in [5, 5.41) is 25.1. The van der Waals surface area contributed by atoms with Gasteiger partial charge in [-0.1, -0.05) is 30.3 Å². The smallest absolute Gasteiger partial charge is 0.269 e. The maximum Gasteiger partial charge on any atom is 0.269 e. The normalized spacial score (nSPS) is 12.0. The lowest BCUT2D eigenvalue weighted by Crippen LogP contribution is -2.09. The lowest BCUT2D eigenvalue weighted by molar-refractivity contribution is -0.384. The summed E-state index contributed by atoms with van der Waals surface area (Å²) in [5.41, 5.74) is 1.51. The van der Waals surface area contributed by atoms with Gasteiger partial charge in [0.2, 0.25) is 0 Å². The van der Waals surface area contributed by atoms with E-state index in [1.54, 1.807) is 16.8 Å². The minimum absolute atomic E-state index is 0.0210. The predicted molar refractivity (Wildman–Crippen MR) is 83.5 cm³/mol. The van der Waals surface area contributed by atoms with Gasteiger partial charge in [0, 0.05) is 17.7 Å². The number of nitro benzene ring substituents is 1. The summed E-state index contributed by atoms with van der Waals surface area (Å²) in [5.74, 6) is 0.458. The number of hydrogen-bond donors (Lipinski definition) is 1. The van der Waals surface area contributed by atoms with E-state index in [2.05, 4.69) is 10.1 Å². The molecule has 7 heteroatoms. The van der Waals surface area contributed by atoms with Crippen molar-refractivity contribution in [1.82, 2.24) is 14.8 Å². The molecule has 23 heavy (non-hydrogen) atoms. The van der Waals surface area contributed by atoms with E-state index in [1.807, 2.05) is 30.3 Å². The van der Waals surface area contributed by atoms with Crippen molar-refractivity contribution in [3.63, 3.8) is 0 Å². The molecule has 3 rings (SSSR count). The van der Waals surface area contributed by atoms with Gasteiger partial charge in [0.25, 0.3) is 5.69 Å². The van der Waals surface area contributed by atoms with Crippen LogP contribution in [0.2, 0.25) is 0 Å². The Kier molecular flexibility index (Phi) is 4.11. The largest absolute Gasteiger partial charge is 0.386 e. The van der Waals surface area contributed by atoms with Gasteiger partial charge in [0.15, 0.2) is 5.82 Å². The highest BCUT2D eigenvalue weighted by Gasteiger charge is 2.11. The Hall–Kier alpha value is -3.06. The Morgan fingerprint density at radius 3 is 2.48 bits per heavy atom. The van der Waals surface area contributed by atoms with E-state index in [0.717, 1.165) is 5.56 Å². The van der Waals surface area contributed by atoms with Crippen LogP contribution in [-0.4, -0.2) is 24.8 Å². The standard InChI is InChI=1S/C16H14N4O3/c21-15(12-4-2-1-3-5-12)10-19-11-17-16(18-19)13-6-8-14(9-7-13)20(22)23/h1-9,11,15,21H,10H2. The predicted octanol–water partition coefficient (Wildman–Crippen LogP) is 2.59. The van der Waals surface area contributed by atoms with E-state index in [4.69, 9.17) is 0 Å². The fourth-order valence-corrected chi connectivity index (χ4v) is 2.20. The van der Waals surface area contributed by atoms with Crippen molar-refractivity contribution in [3.8, 4) is 11.4 Å². The lowest BCUT2D eigenvalue weighted by atomic mass is 10.1. The van der Waals surface area contributed by atoms with Gasteiger partial charge in [-0.15, -0.1) is 0 Å². The molecule has 0 aliphatic heterocycles. The number of nitrogens with zero attached hydrogens (tertiary/aromatic N) is 4. The van der Waals surface area contributed by atoms with Crippen LogP contribution in [0.4, 0.5) is 5.69 Å². The van der Waals surface area contributed by atoms with Gasteiger partial charge in [-0.05, 0) is 17.7 Å². The Balaban J connectivity index is 1.74. The molecule has 7 nitrogen and oxygen atoms in total. The zero-order chi connectivity index (χ0) is 16.2. The minimum Gasteiger partial charge on any atom is -0.386 e. The number of hydrogen-bond acceptors (Lipinski definition) is 5. The van der Waals surface area contributed by atoms with Crippen LogP contribution in [0, 0.1) is 10.1 Å². The maximum absolute atomic E-state index is 10.7. The molecule has 2 aromatic carbocycles. The Morgan fingerprint density at radius 1 is 1.13 bits per heavy atom. The maximum atomic E-state index is 10.7. The molecule has 1 N–H and O–H groups in total. The number of aromatic nitrogens is 3. The second-order valence-corrected chi connectivity index (χ2v) is 5.02. The van der Waals surface area contributed by atoms with Crippen molar-refractivity contribution >= 4 is 5.69 Å². The third-order valence-electron chi connectivity index (χ3n) is 3.42. The summed E-state index contributed by atoms with van der Waals surface area (Å²) < 4.78 is 1.55. The van der Waals surface area contributed by atoms with Crippen LogP contribution in [0.5, 0.6) is 0 Å². The van der Waals surface area contributed by atoms with E-state index in [0.29, 0.717) is 11.4 Å². The van der Waals surface area contributed by atoms with Gasteiger partial charge in [-0.3, -0.25) is 10.1 Å². The zero-order valence-electron chi connectivity index (χ0n) is 12.1. The molecule has 0 saturated heterocycles. The fourth-order valence-electron chi connectivity index (χ4n) is 2.20. The first-order valence-electron chi connectivity index (χ1n) is 7.01. The monoisotopic (exact) mass is 310 g/mol. The van der Waals surface area contributed by atoms with Crippen LogP contribution in [0.25, 0.3) is 11.4 Å².